The van der Waals surface area contributed by atoms with E-state index in [0.717, 1.165) is 5.69 Å². The molecule has 0 spiro atoms. The maximum absolute atomic E-state index is 3.76. The van der Waals surface area contributed by atoms with Crippen LogP contribution in [0, 0.1) is 0 Å². The number of nitrogens with zero attached hydrogens (tertiary/aromatic N) is 2. The van der Waals surface area contributed by atoms with Crippen LogP contribution in [0.15, 0.2) is 316 Å². The Labute approximate surface area is 473 Å². The molecule has 2 aromatic heterocycles. The largest absolute Gasteiger partial charge is 0.309 e. The molecule has 0 amide bonds. The van der Waals surface area contributed by atoms with Gasteiger partial charge in [0.2, 0.25) is 0 Å². The van der Waals surface area contributed by atoms with E-state index in [1.54, 1.807) is 6.08 Å². The minimum absolute atomic E-state index is 1.13. The van der Waals surface area contributed by atoms with Crippen molar-refractivity contribution in [1.29, 1.82) is 0 Å². The molecule has 0 aliphatic rings. The lowest BCUT2D eigenvalue weighted by Crippen LogP contribution is -1.97. The molecule has 0 atom stereocenters. The average Bonchev–Trinajstić information content (AvgIpc) is 4.13. The van der Waals surface area contributed by atoms with Crippen molar-refractivity contribution in [2.45, 2.75) is 6.92 Å². The van der Waals surface area contributed by atoms with E-state index in [4.69, 9.17) is 0 Å². The lowest BCUT2D eigenvalue weighted by atomic mass is 9.94. The summed E-state index contributed by atoms with van der Waals surface area (Å²) < 4.78 is 4.86. The fourth-order valence-electron chi connectivity index (χ4n) is 12.0. The van der Waals surface area contributed by atoms with Crippen LogP contribution < -0.4 is 0 Å². The van der Waals surface area contributed by atoms with Crippen molar-refractivity contribution in [2.24, 2.45) is 0 Å². The van der Waals surface area contributed by atoms with Gasteiger partial charge in [0.25, 0.3) is 0 Å². The maximum atomic E-state index is 3.76. The zero-order valence-corrected chi connectivity index (χ0v) is 45.0. The van der Waals surface area contributed by atoms with Gasteiger partial charge in [-0.2, -0.15) is 0 Å². The van der Waals surface area contributed by atoms with Gasteiger partial charge in [0, 0.05) is 32.8 Å². The summed E-state index contributed by atoms with van der Waals surface area (Å²) in [5.74, 6) is 0. The first-order valence-electron chi connectivity index (χ1n) is 27.8. The molecule has 2 heteroatoms. The van der Waals surface area contributed by atoms with Gasteiger partial charge in [-0.1, -0.05) is 249 Å². The van der Waals surface area contributed by atoms with Crippen molar-refractivity contribution in [3.8, 4) is 89.3 Å². The number of benzene rings is 12. The Morgan fingerprint density at radius 1 is 0.296 bits per heavy atom. The summed E-state index contributed by atoms with van der Waals surface area (Å²) in [7, 11) is 0. The summed E-state index contributed by atoms with van der Waals surface area (Å²) in [6.07, 6.45) is 7.88. The van der Waals surface area contributed by atoms with Crippen molar-refractivity contribution in [2.75, 3.05) is 0 Å². The molecule has 0 radical (unpaired) electrons. The van der Waals surface area contributed by atoms with Crippen molar-refractivity contribution >= 4 is 49.2 Å². The molecule has 0 unspecified atom stereocenters. The number of para-hydroxylation sites is 3. The molecule has 2 nitrogen and oxygen atoms in total. The zero-order valence-electron chi connectivity index (χ0n) is 45.0. The third-order valence-electron chi connectivity index (χ3n) is 16.1. The lowest BCUT2D eigenvalue weighted by Gasteiger charge is -2.14. The molecule has 0 aliphatic carbocycles. The number of hydrogen-bond acceptors (Lipinski definition) is 0. The topological polar surface area (TPSA) is 9.86 Å². The molecule has 0 fully saturated rings. The van der Waals surface area contributed by atoms with E-state index in [1.807, 2.05) is 12.2 Å². The first-order valence-corrected chi connectivity index (χ1v) is 27.8. The standard InChI is InChI=1S/C79H56N2/c1-3-4-6-18-54(2)55-33-35-56(36-34-55)57-37-39-58(40-38-57)62-21-15-23-64(49-62)65-24-16-22-63(50-65)59-41-43-60(44-42-59)66-25-17-26-69(51-66)80-76-31-13-10-28-71(76)73-52-67(45-47-78(73)80)68-46-48-79-74(53-68)72-29-11-14-32-77(72)81(79)75-30-12-9-27-70(75)61-19-7-5-8-20-61/h3-53H,1H2,2H3/b6-4-,54-18+. The average molecular weight is 1030 g/mol. The highest BCUT2D eigenvalue weighted by Crippen LogP contribution is 2.41. The normalized spacial score (nSPS) is 11.8. The molecule has 2 heterocycles. The molecule has 12 aromatic carbocycles. The van der Waals surface area contributed by atoms with Gasteiger partial charge in [0.05, 0.1) is 27.8 Å². The SMILES string of the molecule is C=C/C=C\C=C(/C)c1ccc(-c2ccc(-c3cccc(-c4cccc(-c5ccc(-c6cccc(-n7c8ccccc8c8cc(-c9ccc%10c(c9)c9ccccc9n%10-c9ccccc9-c9ccccc9)ccc87)c6)cc5)c4)c3)cc2)cc1. The van der Waals surface area contributed by atoms with Gasteiger partial charge in [0.15, 0.2) is 0 Å². The molecular formula is C79H56N2. The van der Waals surface area contributed by atoms with E-state index in [-0.39, 0.29) is 0 Å². The Morgan fingerprint density at radius 2 is 0.691 bits per heavy atom. The molecule has 0 saturated carbocycles. The predicted octanol–water partition coefficient (Wildman–Crippen LogP) is 21.7. The Kier molecular flexibility index (Phi) is 12.7. The number of aromatic nitrogens is 2. The van der Waals surface area contributed by atoms with Crippen LogP contribution in [0.3, 0.4) is 0 Å². The molecular weight excluding hydrogens is 977 g/mol. The van der Waals surface area contributed by atoms with Crippen LogP contribution in [0.5, 0.6) is 0 Å². The van der Waals surface area contributed by atoms with Gasteiger partial charge in [-0.05, 0) is 157 Å². The molecule has 382 valence electrons. The number of allylic oxidation sites excluding steroid dienone is 5. The van der Waals surface area contributed by atoms with E-state index in [9.17, 15) is 0 Å². The smallest absolute Gasteiger partial charge is 0.0541 e. The third kappa shape index (κ3) is 9.19. The number of fused-ring (bicyclic) bond motifs is 6. The van der Waals surface area contributed by atoms with Crippen LogP contribution in [-0.4, -0.2) is 9.13 Å². The molecule has 0 aliphatic heterocycles. The highest BCUT2D eigenvalue weighted by Gasteiger charge is 2.18. The second kappa shape index (κ2) is 21.0. The van der Waals surface area contributed by atoms with E-state index >= 15 is 0 Å². The minimum atomic E-state index is 1.13. The predicted molar refractivity (Wildman–Crippen MR) is 346 cm³/mol. The molecule has 14 aromatic rings. The maximum Gasteiger partial charge on any atom is 0.0541 e. The van der Waals surface area contributed by atoms with Crippen molar-refractivity contribution in [3.63, 3.8) is 0 Å². The number of rotatable bonds is 12. The van der Waals surface area contributed by atoms with Crippen LogP contribution >= 0.6 is 0 Å². The van der Waals surface area contributed by atoms with Crippen LogP contribution in [0.1, 0.15) is 12.5 Å². The molecule has 0 saturated heterocycles. The Bertz CT molecular complexity index is 4740. The number of hydrogen-bond donors (Lipinski definition) is 0. The molecule has 81 heavy (non-hydrogen) atoms. The first kappa shape index (κ1) is 48.8. The monoisotopic (exact) mass is 1030 g/mol. The lowest BCUT2D eigenvalue weighted by molar-refractivity contribution is 1.18. The van der Waals surface area contributed by atoms with Crippen molar-refractivity contribution in [3.05, 3.63) is 322 Å². The quantitative estimate of drug-likeness (QED) is 0.108. The Morgan fingerprint density at radius 3 is 1.26 bits per heavy atom. The summed E-state index contributed by atoms with van der Waals surface area (Å²) in [4.78, 5) is 0. The fourth-order valence-corrected chi connectivity index (χ4v) is 12.0. The molecule has 0 bridgehead atoms. The van der Waals surface area contributed by atoms with Crippen molar-refractivity contribution < 1.29 is 0 Å². The summed E-state index contributed by atoms with van der Waals surface area (Å²) in [5, 5.41) is 4.94. The van der Waals surface area contributed by atoms with Crippen LogP contribution in [-0.2, 0) is 0 Å². The highest BCUT2D eigenvalue weighted by molar-refractivity contribution is 6.13. The van der Waals surface area contributed by atoms with Gasteiger partial charge in [-0.25, -0.2) is 0 Å². The highest BCUT2D eigenvalue weighted by atomic mass is 15.0. The summed E-state index contributed by atoms with van der Waals surface area (Å²) in [6.45, 7) is 5.90. The van der Waals surface area contributed by atoms with E-state index in [0.29, 0.717) is 0 Å². The fraction of sp³-hybridized carbons (Fsp3) is 0.0127. The van der Waals surface area contributed by atoms with Crippen LogP contribution in [0.4, 0.5) is 0 Å². The zero-order chi connectivity index (χ0) is 54.2. The van der Waals surface area contributed by atoms with Crippen LogP contribution in [0.25, 0.3) is 138 Å². The third-order valence-corrected chi connectivity index (χ3v) is 16.1. The minimum Gasteiger partial charge on any atom is -0.309 e. The summed E-state index contributed by atoms with van der Waals surface area (Å²) in [5.41, 5.74) is 26.2. The Balaban J connectivity index is 0.728. The summed E-state index contributed by atoms with van der Waals surface area (Å²) >= 11 is 0. The molecule has 0 N–H and O–H groups in total. The van der Waals surface area contributed by atoms with Gasteiger partial charge in [-0.3, -0.25) is 0 Å². The second-order valence-electron chi connectivity index (χ2n) is 21.0. The van der Waals surface area contributed by atoms with Gasteiger partial charge in [-0.15, -0.1) is 0 Å². The van der Waals surface area contributed by atoms with Gasteiger partial charge >= 0.3 is 0 Å². The van der Waals surface area contributed by atoms with Crippen molar-refractivity contribution in [1.82, 2.24) is 9.13 Å². The van der Waals surface area contributed by atoms with E-state index < -0.39 is 0 Å². The first-order chi connectivity index (χ1) is 40.0. The van der Waals surface area contributed by atoms with E-state index in [2.05, 4.69) is 314 Å². The van der Waals surface area contributed by atoms with Gasteiger partial charge < -0.3 is 9.13 Å². The molecule has 14 rings (SSSR count). The summed E-state index contributed by atoms with van der Waals surface area (Å²) in [6, 6.07) is 105. The second-order valence-corrected chi connectivity index (χ2v) is 21.0. The van der Waals surface area contributed by atoms with Gasteiger partial charge in [0.1, 0.15) is 0 Å². The van der Waals surface area contributed by atoms with E-state index in [1.165, 1.54) is 138 Å². The Hall–Kier alpha value is -10.5. The van der Waals surface area contributed by atoms with Crippen LogP contribution in [0.2, 0.25) is 0 Å².